The molecule has 0 aromatic rings. The molecular formula is C12H26N2O. The minimum absolute atomic E-state index is 0.160. The Hall–Kier alpha value is -0.120. The van der Waals surface area contributed by atoms with Crippen molar-refractivity contribution in [1.29, 1.82) is 0 Å². The molecule has 0 aromatic heterocycles. The maximum atomic E-state index is 9.79. The average Bonchev–Trinajstić information content (AvgIpc) is 2.60. The summed E-state index contributed by atoms with van der Waals surface area (Å²) in [7, 11) is 0. The van der Waals surface area contributed by atoms with Crippen molar-refractivity contribution in [3.63, 3.8) is 0 Å². The van der Waals surface area contributed by atoms with Gasteiger partial charge in [-0.05, 0) is 52.7 Å². The van der Waals surface area contributed by atoms with Gasteiger partial charge in [-0.15, -0.1) is 0 Å². The second kappa shape index (κ2) is 5.28. The van der Waals surface area contributed by atoms with Gasteiger partial charge < -0.3 is 15.3 Å². The Morgan fingerprint density at radius 3 is 2.67 bits per heavy atom. The van der Waals surface area contributed by atoms with E-state index in [1.165, 1.54) is 19.5 Å². The predicted molar refractivity (Wildman–Crippen MR) is 64.0 cm³/mol. The van der Waals surface area contributed by atoms with Crippen LogP contribution in [0.5, 0.6) is 0 Å². The van der Waals surface area contributed by atoms with E-state index in [4.69, 9.17) is 0 Å². The molecule has 1 aliphatic rings. The topological polar surface area (TPSA) is 35.5 Å². The molecule has 0 amide bonds. The largest absolute Gasteiger partial charge is 0.389 e. The molecule has 1 heterocycles. The van der Waals surface area contributed by atoms with Crippen LogP contribution in [0.2, 0.25) is 0 Å². The lowest BCUT2D eigenvalue weighted by atomic mass is 10.00. The summed E-state index contributed by atoms with van der Waals surface area (Å²) in [5.74, 6) is 0.759. The lowest BCUT2D eigenvalue weighted by Crippen LogP contribution is -2.46. The van der Waals surface area contributed by atoms with E-state index in [1.807, 2.05) is 20.8 Å². The normalized spacial score (nSPS) is 25.8. The predicted octanol–water partition coefficient (Wildman–Crippen LogP) is 1.08. The first kappa shape index (κ1) is 12.9. The van der Waals surface area contributed by atoms with Crippen LogP contribution >= 0.6 is 0 Å². The van der Waals surface area contributed by atoms with Crippen molar-refractivity contribution in [1.82, 2.24) is 10.2 Å². The Bertz CT molecular complexity index is 189. The van der Waals surface area contributed by atoms with Gasteiger partial charge in [0.2, 0.25) is 0 Å². The van der Waals surface area contributed by atoms with E-state index < -0.39 is 5.60 Å². The van der Waals surface area contributed by atoms with E-state index in [0.717, 1.165) is 19.0 Å². The molecule has 0 radical (unpaired) electrons. The standard InChI is InChI=1S/C12H26N2O/c1-5-14-7-6-11(9-14)8-13-10(2)12(3,4)15/h10-11,13,15H,5-9H2,1-4H3. The zero-order valence-electron chi connectivity index (χ0n) is 10.6. The first-order valence-corrected chi connectivity index (χ1v) is 6.11. The van der Waals surface area contributed by atoms with Crippen LogP contribution in [0, 0.1) is 5.92 Å². The number of likely N-dealkylation sites (tertiary alicyclic amines) is 1. The Kier molecular flexibility index (Phi) is 4.56. The molecule has 3 heteroatoms. The molecule has 90 valence electrons. The smallest absolute Gasteiger partial charge is 0.0741 e. The van der Waals surface area contributed by atoms with E-state index in [-0.39, 0.29) is 6.04 Å². The highest BCUT2D eigenvalue weighted by Gasteiger charge is 2.25. The van der Waals surface area contributed by atoms with Gasteiger partial charge in [0.15, 0.2) is 0 Å². The van der Waals surface area contributed by atoms with Gasteiger partial charge in [0.1, 0.15) is 0 Å². The van der Waals surface area contributed by atoms with Gasteiger partial charge in [-0.3, -0.25) is 0 Å². The highest BCUT2D eigenvalue weighted by Crippen LogP contribution is 2.15. The summed E-state index contributed by atoms with van der Waals surface area (Å²) in [5, 5.41) is 13.2. The molecule has 1 aliphatic heterocycles. The van der Waals surface area contributed by atoms with Crippen molar-refractivity contribution in [2.45, 2.75) is 45.8 Å². The summed E-state index contributed by atoms with van der Waals surface area (Å²) < 4.78 is 0. The van der Waals surface area contributed by atoms with Crippen molar-refractivity contribution in [2.24, 2.45) is 5.92 Å². The van der Waals surface area contributed by atoms with E-state index >= 15 is 0 Å². The fourth-order valence-corrected chi connectivity index (χ4v) is 1.96. The third-order valence-corrected chi connectivity index (χ3v) is 3.59. The minimum Gasteiger partial charge on any atom is -0.389 e. The van der Waals surface area contributed by atoms with Crippen LogP contribution in [0.1, 0.15) is 34.1 Å². The zero-order valence-corrected chi connectivity index (χ0v) is 10.6. The van der Waals surface area contributed by atoms with Gasteiger partial charge in [-0.1, -0.05) is 6.92 Å². The van der Waals surface area contributed by atoms with Crippen molar-refractivity contribution in [3.05, 3.63) is 0 Å². The molecule has 2 N–H and O–H groups in total. The van der Waals surface area contributed by atoms with E-state index in [0.29, 0.717) is 0 Å². The fraction of sp³-hybridized carbons (Fsp3) is 1.00. The summed E-state index contributed by atoms with van der Waals surface area (Å²) in [4.78, 5) is 2.49. The van der Waals surface area contributed by atoms with Crippen LogP contribution in [0.3, 0.4) is 0 Å². The van der Waals surface area contributed by atoms with E-state index in [2.05, 4.69) is 17.1 Å². The molecule has 1 rings (SSSR count). The molecule has 2 unspecified atom stereocenters. The van der Waals surface area contributed by atoms with E-state index in [1.54, 1.807) is 0 Å². The number of hydrogen-bond donors (Lipinski definition) is 2. The zero-order chi connectivity index (χ0) is 11.5. The second-order valence-corrected chi connectivity index (χ2v) is 5.33. The van der Waals surface area contributed by atoms with Crippen LogP contribution in [0.4, 0.5) is 0 Å². The maximum Gasteiger partial charge on any atom is 0.0741 e. The van der Waals surface area contributed by atoms with Crippen molar-refractivity contribution in [3.8, 4) is 0 Å². The molecule has 1 fully saturated rings. The van der Waals surface area contributed by atoms with Crippen molar-refractivity contribution < 1.29 is 5.11 Å². The maximum absolute atomic E-state index is 9.79. The van der Waals surface area contributed by atoms with E-state index in [9.17, 15) is 5.11 Å². The van der Waals surface area contributed by atoms with Crippen LogP contribution in [-0.4, -0.2) is 47.8 Å². The Balaban J connectivity index is 2.21. The lowest BCUT2D eigenvalue weighted by molar-refractivity contribution is 0.0430. The van der Waals surface area contributed by atoms with Crippen LogP contribution in [0.25, 0.3) is 0 Å². The van der Waals surface area contributed by atoms with Crippen LogP contribution < -0.4 is 5.32 Å². The van der Waals surface area contributed by atoms with Gasteiger partial charge in [-0.2, -0.15) is 0 Å². The molecular weight excluding hydrogens is 188 g/mol. The highest BCUT2D eigenvalue weighted by molar-refractivity contribution is 4.83. The van der Waals surface area contributed by atoms with Gasteiger partial charge in [0.25, 0.3) is 0 Å². The van der Waals surface area contributed by atoms with Gasteiger partial charge in [0.05, 0.1) is 5.60 Å². The Morgan fingerprint density at radius 1 is 1.53 bits per heavy atom. The molecule has 0 spiro atoms. The monoisotopic (exact) mass is 214 g/mol. The SMILES string of the molecule is CCN1CCC(CNC(C)C(C)(C)O)C1. The molecule has 0 bridgehead atoms. The first-order valence-electron chi connectivity index (χ1n) is 6.11. The number of nitrogens with zero attached hydrogens (tertiary/aromatic N) is 1. The summed E-state index contributed by atoms with van der Waals surface area (Å²) in [6, 6.07) is 0.160. The molecule has 0 aromatic carbocycles. The molecule has 0 saturated carbocycles. The van der Waals surface area contributed by atoms with Crippen molar-refractivity contribution >= 4 is 0 Å². The molecule has 2 atom stereocenters. The second-order valence-electron chi connectivity index (χ2n) is 5.33. The molecule has 3 nitrogen and oxygen atoms in total. The Morgan fingerprint density at radius 2 is 2.20 bits per heavy atom. The van der Waals surface area contributed by atoms with Crippen LogP contribution in [-0.2, 0) is 0 Å². The third kappa shape index (κ3) is 4.09. The summed E-state index contributed by atoms with van der Waals surface area (Å²) in [6.45, 7) is 12.6. The molecule has 1 saturated heterocycles. The summed E-state index contributed by atoms with van der Waals surface area (Å²) in [5.41, 5.74) is -0.622. The van der Waals surface area contributed by atoms with Crippen molar-refractivity contribution in [2.75, 3.05) is 26.2 Å². The van der Waals surface area contributed by atoms with Gasteiger partial charge in [-0.25, -0.2) is 0 Å². The first-order chi connectivity index (χ1) is 6.93. The number of hydrogen-bond acceptors (Lipinski definition) is 3. The summed E-state index contributed by atoms with van der Waals surface area (Å²) in [6.07, 6.45) is 1.29. The highest BCUT2D eigenvalue weighted by atomic mass is 16.3. The molecule has 15 heavy (non-hydrogen) atoms. The Labute approximate surface area is 93.9 Å². The third-order valence-electron chi connectivity index (χ3n) is 3.59. The molecule has 0 aliphatic carbocycles. The quantitative estimate of drug-likeness (QED) is 0.719. The minimum atomic E-state index is -0.622. The number of nitrogens with one attached hydrogen (secondary N) is 1. The lowest BCUT2D eigenvalue weighted by Gasteiger charge is -2.28. The van der Waals surface area contributed by atoms with Crippen LogP contribution in [0.15, 0.2) is 0 Å². The average molecular weight is 214 g/mol. The number of rotatable bonds is 5. The van der Waals surface area contributed by atoms with Gasteiger partial charge in [0, 0.05) is 12.6 Å². The van der Waals surface area contributed by atoms with Gasteiger partial charge >= 0.3 is 0 Å². The fourth-order valence-electron chi connectivity index (χ4n) is 1.96. The summed E-state index contributed by atoms with van der Waals surface area (Å²) >= 11 is 0. The number of aliphatic hydroxyl groups is 1.